The molecule has 0 saturated heterocycles. The Kier molecular flexibility index (Phi) is 23.2. The number of aryl methyl sites for hydroxylation is 7. The van der Waals surface area contributed by atoms with Crippen molar-refractivity contribution in [1.82, 2.24) is 63.0 Å². The number of hydrogen-bond donors (Lipinski definition) is 1. The molecule has 0 bridgehead atoms. The molecule has 0 fully saturated rings. The summed E-state index contributed by atoms with van der Waals surface area (Å²) in [5.74, 6) is 6.11. The quantitative estimate of drug-likeness (QED) is 0.0492. The van der Waals surface area contributed by atoms with Crippen LogP contribution in [-0.2, 0) is 65.9 Å². The first-order chi connectivity index (χ1) is 36.6. The van der Waals surface area contributed by atoms with E-state index in [-0.39, 0.29) is 25.7 Å². The van der Waals surface area contributed by atoms with Crippen LogP contribution >= 0.6 is 0 Å². The molecule has 0 aliphatic heterocycles. The number of rotatable bonds is 23. The molecule has 8 heterocycles. The molecule has 1 N–H and O–H groups in total. The van der Waals surface area contributed by atoms with Gasteiger partial charge in [-0.1, -0.05) is 63.1 Å². The number of imidazole rings is 5. The van der Waals surface area contributed by atoms with E-state index in [9.17, 15) is 4.79 Å². The molecule has 1 aromatic carbocycles. The van der Waals surface area contributed by atoms with Crippen molar-refractivity contribution < 1.29 is 29.2 Å². The third-order valence-electron chi connectivity index (χ3n) is 13.9. The Morgan fingerprint density at radius 3 is 1.67 bits per heavy atom. The van der Waals surface area contributed by atoms with Gasteiger partial charge in [0.25, 0.3) is 0 Å². The van der Waals surface area contributed by atoms with Crippen LogP contribution in [0.2, 0.25) is 0 Å². The van der Waals surface area contributed by atoms with E-state index in [0.717, 1.165) is 118 Å². The van der Waals surface area contributed by atoms with Gasteiger partial charge in [-0.25, -0.2) is 34.5 Å². The monoisotopic (exact) mass is 1200 g/mol. The SMILES string of the molecule is CCC(CC(CC(C)c1ccccc1)c1ccncc1)c1cc[n+](CCCCC(=O)NCCCCCCn2ccnc2-c2cccc(C)n2)cc1.Cn1ccnc1-c1nccn1C.Cn1ccnc1-c1nccn1C.[Os]. The van der Waals surface area contributed by atoms with Crippen LogP contribution in [0.3, 0.4) is 0 Å². The first-order valence-electron chi connectivity index (χ1n) is 26.6. The van der Waals surface area contributed by atoms with Crippen LogP contribution in [-0.4, -0.2) is 70.2 Å². The summed E-state index contributed by atoms with van der Waals surface area (Å²) in [5, 5.41) is 3.12. The van der Waals surface area contributed by atoms with E-state index >= 15 is 0 Å². The first kappa shape index (κ1) is 58.1. The minimum atomic E-state index is 0. The molecule has 0 aliphatic carbocycles. The van der Waals surface area contributed by atoms with Gasteiger partial charge in [-0.2, -0.15) is 0 Å². The summed E-state index contributed by atoms with van der Waals surface area (Å²) in [6.07, 6.45) is 37.0. The van der Waals surface area contributed by atoms with Crippen molar-refractivity contribution in [3.63, 3.8) is 0 Å². The number of benzene rings is 1. The molecular formula is C60H77N14OOs+. The molecule has 3 atom stereocenters. The largest absolute Gasteiger partial charge is 0.356 e. The van der Waals surface area contributed by atoms with Crippen molar-refractivity contribution in [2.75, 3.05) is 6.54 Å². The van der Waals surface area contributed by atoms with Gasteiger partial charge in [0.05, 0.1) is 0 Å². The van der Waals surface area contributed by atoms with E-state index in [1.807, 2.05) is 121 Å². The maximum Gasteiger partial charge on any atom is 0.219 e. The van der Waals surface area contributed by atoms with Crippen molar-refractivity contribution in [1.29, 1.82) is 0 Å². The Hall–Kier alpha value is -7.17. The van der Waals surface area contributed by atoms with Crippen molar-refractivity contribution in [3.05, 3.63) is 182 Å². The van der Waals surface area contributed by atoms with Crippen molar-refractivity contribution in [2.24, 2.45) is 28.2 Å². The smallest absolute Gasteiger partial charge is 0.219 e. The van der Waals surface area contributed by atoms with Crippen LogP contribution in [0.5, 0.6) is 0 Å². The summed E-state index contributed by atoms with van der Waals surface area (Å²) in [7, 11) is 7.82. The van der Waals surface area contributed by atoms with Crippen molar-refractivity contribution >= 4 is 5.91 Å². The topological polar surface area (TPSA) is 148 Å². The van der Waals surface area contributed by atoms with E-state index in [1.165, 1.54) is 16.7 Å². The minimum absolute atomic E-state index is 0. The van der Waals surface area contributed by atoms with E-state index in [1.54, 1.807) is 24.8 Å². The normalized spacial score (nSPS) is 12.1. The third-order valence-corrected chi connectivity index (χ3v) is 13.9. The molecule has 0 saturated carbocycles. The second-order valence-electron chi connectivity index (χ2n) is 19.5. The molecule has 76 heavy (non-hydrogen) atoms. The zero-order valence-corrected chi connectivity index (χ0v) is 48.1. The number of hydrogen-bond acceptors (Lipinski definition) is 8. The molecule has 0 radical (unpaired) electrons. The fraction of sp³-hybridized carbons (Fsp3) is 0.383. The molecule has 15 nitrogen and oxygen atoms in total. The fourth-order valence-electron chi connectivity index (χ4n) is 9.49. The zero-order chi connectivity index (χ0) is 52.8. The molecule has 9 rings (SSSR count). The van der Waals surface area contributed by atoms with E-state index in [2.05, 4.69) is 130 Å². The van der Waals surface area contributed by atoms with Gasteiger partial charge in [-0.05, 0) is 104 Å². The minimum Gasteiger partial charge on any atom is -0.356 e. The van der Waals surface area contributed by atoms with Crippen LogP contribution < -0.4 is 9.88 Å². The Balaban J connectivity index is 0.000000302. The van der Waals surface area contributed by atoms with Gasteiger partial charge in [-0.15, -0.1) is 0 Å². The number of nitrogens with one attached hydrogen (secondary N) is 1. The van der Waals surface area contributed by atoms with Crippen molar-refractivity contribution in [3.8, 4) is 34.8 Å². The molecule has 8 aromatic heterocycles. The summed E-state index contributed by atoms with van der Waals surface area (Å²) >= 11 is 0. The summed E-state index contributed by atoms with van der Waals surface area (Å²) in [6.45, 7) is 9.28. The van der Waals surface area contributed by atoms with Gasteiger partial charge in [0.1, 0.15) is 12.2 Å². The molecular weight excluding hydrogens is 1120 g/mol. The van der Waals surface area contributed by atoms with Crippen LogP contribution in [0.4, 0.5) is 0 Å². The van der Waals surface area contributed by atoms with E-state index in [0.29, 0.717) is 24.2 Å². The fourth-order valence-corrected chi connectivity index (χ4v) is 9.49. The number of nitrogens with zero attached hydrogens (tertiary/aromatic N) is 13. The van der Waals surface area contributed by atoms with Crippen LogP contribution in [0.25, 0.3) is 34.8 Å². The number of aromatic nitrogens is 13. The summed E-state index contributed by atoms with van der Waals surface area (Å²) in [5.41, 5.74) is 6.12. The number of unbranched alkanes of at least 4 members (excludes halogenated alkanes) is 4. The molecule has 0 aliphatic rings. The number of carbonyl (C=O) groups excluding carboxylic acids is 1. The maximum atomic E-state index is 12.4. The Morgan fingerprint density at radius 1 is 0.566 bits per heavy atom. The van der Waals surface area contributed by atoms with E-state index in [4.69, 9.17) is 0 Å². The Labute approximate surface area is 463 Å². The second-order valence-corrected chi connectivity index (χ2v) is 19.5. The Morgan fingerprint density at radius 2 is 1.12 bits per heavy atom. The van der Waals surface area contributed by atoms with Gasteiger partial charge < -0.3 is 28.2 Å². The van der Waals surface area contributed by atoms with Gasteiger partial charge in [0, 0.05) is 166 Å². The van der Waals surface area contributed by atoms with Gasteiger partial charge in [0.2, 0.25) is 5.91 Å². The van der Waals surface area contributed by atoms with Gasteiger partial charge in [0.15, 0.2) is 41.5 Å². The molecule has 3 unspecified atom stereocenters. The van der Waals surface area contributed by atoms with Crippen LogP contribution in [0, 0.1) is 6.92 Å². The second kappa shape index (κ2) is 30.4. The maximum absolute atomic E-state index is 12.4. The predicted molar refractivity (Wildman–Crippen MR) is 297 cm³/mol. The van der Waals surface area contributed by atoms with Crippen LogP contribution in [0.15, 0.2) is 160 Å². The standard InChI is InChI=1S/C44H56N6O.2C8H10N4.Os/c1-4-37(34-41(39-20-25-45-26-21-39)33-35(2)38-16-8-7-9-17-38)40-22-30-49(31-23-40)28-13-10-19-43(51)46-24-11-5-6-12-29-50-32-27-47-44(50)42-18-14-15-36(3)48-42;2*1-11-5-3-9-7(11)8-10-4-6-12(8)2;/h7-9,14-18,20-23,25-27,30-32,35,37,41H,4-6,10-13,19,24,28-29,33-34H2,1-3H3;2*3-6H,1-2H3;/p+1. The molecule has 9 aromatic rings. The number of amides is 1. The van der Waals surface area contributed by atoms with Crippen molar-refractivity contribution in [2.45, 2.75) is 116 Å². The predicted octanol–water partition coefficient (Wildman–Crippen LogP) is 11.0. The number of pyridine rings is 3. The van der Waals surface area contributed by atoms with E-state index < -0.39 is 0 Å². The zero-order valence-electron chi connectivity index (χ0n) is 45.5. The molecule has 1 amide bonds. The average Bonchev–Trinajstić information content (AvgIpc) is 4.31. The Bertz CT molecular complexity index is 2890. The molecule has 16 heteroatoms. The first-order valence-corrected chi connectivity index (χ1v) is 26.6. The summed E-state index contributed by atoms with van der Waals surface area (Å²) in [6, 6.07) is 25.9. The van der Waals surface area contributed by atoms with Gasteiger partial charge >= 0.3 is 0 Å². The summed E-state index contributed by atoms with van der Waals surface area (Å²) < 4.78 is 12.2. The van der Waals surface area contributed by atoms with Gasteiger partial charge in [-0.3, -0.25) is 9.78 Å². The van der Waals surface area contributed by atoms with Crippen LogP contribution in [0.1, 0.15) is 118 Å². The average molecular weight is 1200 g/mol. The number of carbonyl (C=O) groups is 1. The molecule has 0 spiro atoms. The summed E-state index contributed by atoms with van der Waals surface area (Å²) in [4.78, 5) is 42.7. The third kappa shape index (κ3) is 17.2. The molecule has 400 valence electrons.